The molecule has 2 aromatic carbocycles. The lowest BCUT2D eigenvalue weighted by Crippen LogP contribution is -2.40. The summed E-state index contributed by atoms with van der Waals surface area (Å²) in [5.41, 5.74) is 2.24. The Balaban J connectivity index is 1.68. The summed E-state index contributed by atoms with van der Waals surface area (Å²) in [4.78, 5) is 2.29. The summed E-state index contributed by atoms with van der Waals surface area (Å²) in [6, 6.07) is 15.4. The van der Waals surface area contributed by atoms with Gasteiger partial charge in [-0.3, -0.25) is 4.90 Å². The van der Waals surface area contributed by atoms with Gasteiger partial charge in [-0.05, 0) is 49.1 Å². The molecule has 1 aliphatic rings. The molecule has 6 heteroatoms. The summed E-state index contributed by atoms with van der Waals surface area (Å²) < 4.78 is 35.1. The second-order valence-electron chi connectivity index (χ2n) is 7.08. The summed E-state index contributed by atoms with van der Waals surface area (Å²) in [5.74, 6) is 0.905. The number of aliphatic hydroxyl groups is 1. The third-order valence-corrected chi connectivity index (χ3v) is 5.21. The smallest absolute Gasteiger partial charge is 0.387 e. The Bertz CT molecular complexity index is 742. The Morgan fingerprint density at radius 1 is 1.14 bits per heavy atom. The second-order valence-corrected chi connectivity index (χ2v) is 7.08. The largest absolute Gasteiger partial charge is 0.490 e. The molecule has 2 aromatic rings. The van der Waals surface area contributed by atoms with Crippen LogP contribution in [0.25, 0.3) is 0 Å². The van der Waals surface area contributed by atoms with Gasteiger partial charge in [0, 0.05) is 25.6 Å². The van der Waals surface area contributed by atoms with E-state index in [0.717, 1.165) is 25.1 Å². The van der Waals surface area contributed by atoms with Crippen molar-refractivity contribution in [1.29, 1.82) is 0 Å². The average Bonchev–Trinajstić information content (AvgIpc) is 2.70. The number of nitrogens with zero attached hydrogens (tertiary/aromatic N) is 1. The van der Waals surface area contributed by atoms with Gasteiger partial charge in [-0.15, -0.1) is 0 Å². The molecule has 0 aromatic heterocycles. The maximum Gasteiger partial charge on any atom is 0.387 e. The van der Waals surface area contributed by atoms with Crippen LogP contribution in [0.4, 0.5) is 8.78 Å². The fourth-order valence-electron chi connectivity index (χ4n) is 3.95. The summed E-state index contributed by atoms with van der Waals surface area (Å²) >= 11 is 0. The van der Waals surface area contributed by atoms with Crippen molar-refractivity contribution in [2.24, 2.45) is 5.92 Å². The molecule has 1 saturated heterocycles. The number of aliphatic hydroxyl groups excluding tert-OH is 1. The molecule has 28 heavy (non-hydrogen) atoms. The molecule has 1 heterocycles. The van der Waals surface area contributed by atoms with Crippen LogP contribution in [0.5, 0.6) is 11.5 Å². The minimum absolute atomic E-state index is 0.0524. The first kappa shape index (κ1) is 20.6. The molecule has 0 radical (unpaired) electrons. The number of piperidine rings is 1. The van der Waals surface area contributed by atoms with Crippen LogP contribution in [0.15, 0.2) is 48.5 Å². The maximum atomic E-state index is 12.6. The van der Waals surface area contributed by atoms with E-state index in [1.54, 1.807) is 19.1 Å². The fraction of sp³-hybridized carbons (Fsp3) is 0.455. The number of alkyl halides is 2. The molecular weight excluding hydrogens is 364 g/mol. The Hall–Kier alpha value is -2.18. The lowest BCUT2D eigenvalue weighted by Gasteiger charge is -2.38. The Kier molecular flexibility index (Phi) is 7.23. The van der Waals surface area contributed by atoms with Gasteiger partial charge in [-0.1, -0.05) is 36.4 Å². The van der Waals surface area contributed by atoms with E-state index in [2.05, 4.69) is 21.8 Å². The van der Waals surface area contributed by atoms with Gasteiger partial charge in [0.05, 0.1) is 6.61 Å². The van der Waals surface area contributed by atoms with Crippen LogP contribution in [0.3, 0.4) is 0 Å². The van der Waals surface area contributed by atoms with Crippen LogP contribution in [-0.4, -0.2) is 42.9 Å². The van der Waals surface area contributed by atoms with Crippen LogP contribution in [0.1, 0.15) is 30.4 Å². The number of rotatable bonds is 8. The van der Waals surface area contributed by atoms with Gasteiger partial charge in [0.2, 0.25) is 0 Å². The monoisotopic (exact) mass is 391 g/mol. The van der Waals surface area contributed by atoms with Crippen LogP contribution >= 0.6 is 0 Å². The molecule has 0 aliphatic carbocycles. The van der Waals surface area contributed by atoms with Gasteiger partial charge in [-0.2, -0.15) is 8.78 Å². The predicted octanol–water partition coefficient (Wildman–Crippen LogP) is 4.28. The van der Waals surface area contributed by atoms with Crippen molar-refractivity contribution in [3.63, 3.8) is 0 Å². The van der Waals surface area contributed by atoms with E-state index in [-0.39, 0.29) is 18.3 Å². The van der Waals surface area contributed by atoms with E-state index in [9.17, 15) is 13.9 Å². The minimum atomic E-state index is -2.88. The molecular formula is C22H27F2NO3. The van der Waals surface area contributed by atoms with Crippen LogP contribution in [0, 0.1) is 5.92 Å². The average molecular weight is 391 g/mol. The SMILES string of the molecule is CCOc1cc(CN2CC[C@@H](c3ccccc3)[C@@H](CO)C2)ccc1OC(F)F. The molecule has 0 amide bonds. The number of benzene rings is 2. The molecule has 1 aliphatic heterocycles. The standard InChI is InChI=1S/C22H27F2NO3/c1-2-27-21-12-16(8-9-20(21)28-22(23)24)13-25-11-10-19(18(14-25)15-26)17-6-4-3-5-7-17/h3-9,12,18-19,22,26H,2,10-11,13-15H2,1H3/t18-,19+/m1/s1. The Labute approximate surface area is 164 Å². The molecule has 1 fully saturated rings. The van der Waals surface area contributed by atoms with Gasteiger partial charge in [-0.25, -0.2) is 0 Å². The molecule has 2 atom stereocenters. The number of hydrogen-bond acceptors (Lipinski definition) is 4. The van der Waals surface area contributed by atoms with Gasteiger partial charge < -0.3 is 14.6 Å². The third-order valence-electron chi connectivity index (χ3n) is 5.21. The highest BCUT2D eigenvalue weighted by atomic mass is 19.3. The lowest BCUT2D eigenvalue weighted by atomic mass is 9.81. The highest BCUT2D eigenvalue weighted by Gasteiger charge is 2.29. The van der Waals surface area contributed by atoms with Crippen molar-refractivity contribution >= 4 is 0 Å². The predicted molar refractivity (Wildman–Crippen MR) is 104 cm³/mol. The zero-order valence-electron chi connectivity index (χ0n) is 16.1. The van der Waals surface area contributed by atoms with Gasteiger partial charge in [0.25, 0.3) is 0 Å². The van der Waals surface area contributed by atoms with E-state index >= 15 is 0 Å². The Morgan fingerprint density at radius 2 is 1.93 bits per heavy atom. The first-order valence-corrected chi connectivity index (χ1v) is 9.69. The molecule has 0 saturated carbocycles. The molecule has 0 bridgehead atoms. The van der Waals surface area contributed by atoms with Crippen LogP contribution < -0.4 is 9.47 Å². The van der Waals surface area contributed by atoms with E-state index in [1.807, 2.05) is 18.2 Å². The van der Waals surface area contributed by atoms with Gasteiger partial charge >= 0.3 is 6.61 Å². The summed E-state index contributed by atoms with van der Waals surface area (Å²) in [7, 11) is 0. The van der Waals surface area contributed by atoms with Crippen molar-refractivity contribution < 1.29 is 23.4 Å². The number of halogens is 2. The summed E-state index contributed by atoms with van der Waals surface area (Å²) in [6.45, 7) is 1.81. The fourth-order valence-corrected chi connectivity index (χ4v) is 3.95. The molecule has 0 unspecified atom stereocenters. The topological polar surface area (TPSA) is 41.9 Å². The second kappa shape index (κ2) is 9.85. The van der Waals surface area contributed by atoms with Crippen LogP contribution in [-0.2, 0) is 6.54 Å². The third kappa shape index (κ3) is 5.20. The number of likely N-dealkylation sites (tertiary alicyclic amines) is 1. The zero-order valence-corrected chi connectivity index (χ0v) is 16.1. The number of hydrogen-bond donors (Lipinski definition) is 1. The van der Waals surface area contributed by atoms with E-state index < -0.39 is 6.61 Å². The van der Waals surface area contributed by atoms with Gasteiger partial charge in [0.15, 0.2) is 11.5 Å². The van der Waals surface area contributed by atoms with Crippen molar-refractivity contribution in [2.75, 3.05) is 26.3 Å². The molecule has 0 spiro atoms. The normalized spacial score (nSPS) is 20.3. The van der Waals surface area contributed by atoms with E-state index in [4.69, 9.17) is 4.74 Å². The molecule has 3 rings (SSSR count). The lowest BCUT2D eigenvalue weighted by molar-refractivity contribution is -0.0514. The highest BCUT2D eigenvalue weighted by molar-refractivity contribution is 5.43. The Morgan fingerprint density at radius 3 is 2.61 bits per heavy atom. The van der Waals surface area contributed by atoms with Crippen molar-refractivity contribution in [2.45, 2.75) is 32.4 Å². The molecule has 4 nitrogen and oxygen atoms in total. The maximum absolute atomic E-state index is 12.6. The quantitative estimate of drug-likeness (QED) is 0.729. The van der Waals surface area contributed by atoms with Crippen molar-refractivity contribution in [3.05, 3.63) is 59.7 Å². The van der Waals surface area contributed by atoms with Crippen molar-refractivity contribution in [1.82, 2.24) is 4.90 Å². The summed E-state index contributed by atoms with van der Waals surface area (Å²) in [5, 5.41) is 9.91. The first-order valence-electron chi connectivity index (χ1n) is 9.69. The van der Waals surface area contributed by atoms with Crippen molar-refractivity contribution in [3.8, 4) is 11.5 Å². The minimum Gasteiger partial charge on any atom is -0.490 e. The molecule has 152 valence electrons. The summed E-state index contributed by atoms with van der Waals surface area (Å²) in [6.07, 6.45) is 0.972. The zero-order chi connectivity index (χ0) is 19.9. The molecule has 1 N–H and O–H groups in total. The van der Waals surface area contributed by atoms with E-state index in [0.29, 0.717) is 24.8 Å². The van der Waals surface area contributed by atoms with Crippen LogP contribution in [0.2, 0.25) is 0 Å². The highest BCUT2D eigenvalue weighted by Crippen LogP contribution is 2.34. The van der Waals surface area contributed by atoms with E-state index in [1.165, 1.54) is 11.6 Å². The van der Waals surface area contributed by atoms with Gasteiger partial charge in [0.1, 0.15) is 0 Å². The number of ether oxygens (including phenoxy) is 2. The first-order chi connectivity index (χ1) is 13.6.